The summed E-state index contributed by atoms with van der Waals surface area (Å²) >= 11 is 0. The van der Waals surface area contributed by atoms with Gasteiger partial charge in [0, 0.05) is 30.2 Å². The van der Waals surface area contributed by atoms with E-state index in [0.717, 1.165) is 0 Å². The molecule has 22 heavy (non-hydrogen) atoms. The molecule has 3 heteroatoms. The third kappa shape index (κ3) is 2.65. The van der Waals surface area contributed by atoms with Gasteiger partial charge in [0.1, 0.15) is 5.78 Å². The van der Waals surface area contributed by atoms with E-state index in [0.29, 0.717) is 18.6 Å². The third-order valence-corrected chi connectivity index (χ3v) is 8.02. The van der Waals surface area contributed by atoms with Crippen LogP contribution in [0.3, 0.4) is 0 Å². The second-order valence-corrected chi connectivity index (χ2v) is 11.0. The fourth-order valence-electron chi connectivity index (χ4n) is 3.99. The highest BCUT2D eigenvalue weighted by Gasteiger charge is 2.48. The molecule has 0 atom stereocenters. The maximum absolute atomic E-state index is 12.2. The number of aromatic nitrogens is 1. The summed E-state index contributed by atoms with van der Waals surface area (Å²) in [5.41, 5.74) is 2.58. The van der Waals surface area contributed by atoms with E-state index in [1.807, 2.05) is 6.07 Å². The van der Waals surface area contributed by atoms with E-state index in [1.165, 1.54) is 11.1 Å². The third-order valence-electron chi connectivity index (χ3n) is 4.46. The molecule has 2 nitrogen and oxygen atoms in total. The summed E-state index contributed by atoms with van der Waals surface area (Å²) in [6.45, 7) is 9.05. The largest absolute Gasteiger partial charge is 0.317 e. The monoisotopic (exact) mass is 313 g/mol. The van der Waals surface area contributed by atoms with Crippen LogP contribution in [-0.4, -0.2) is 20.7 Å². The first-order valence-electron chi connectivity index (χ1n) is 7.86. The van der Waals surface area contributed by atoms with Crippen molar-refractivity contribution in [2.45, 2.75) is 50.8 Å². The Balaban J connectivity index is 2.11. The first kappa shape index (κ1) is 15.5. The van der Waals surface area contributed by atoms with Crippen molar-refractivity contribution < 1.29 is 4.79 Å². The number of hydrogen-bond donors (Lipinski definition) is 0. The number of nitrogens with zero attached hydrogens (tertiary/aromatic N) is 1. The Morgan fingerprint density at radius 2 is 1.50 bits per heavy atom. The van der Waals surface area contributed by atoms with Gasteiger partial charge < -0.3 is 4.57 Å². The van der Waals surface area contributed by atoms with Crippen LogP contribution in [0.15, 0.2) is 48.7 Å². The highest BCUT2D eigenvalue weighted by atomic mass is 31.1. The van der Waals surface area contributed by atoms with Crippen molar-refractivity contribution >= 4 is 19.1 Å². The number of Topliss-reactive ketones (excluding diaryl/α,β-unsaturated/α-hetero) is 1. The first-order chi connectivity index (χ1) is 10.3. The Labute approximate surface area is 134 Å². The summed E-state index contributed by atoms with van der Waals surface area (Å²) in [5, 5.41) is 0.0814. The Morgan fingerprint density at radius 1 is 0.909 bits per heavy atom. The van der Waals surface area contributed by atoms with Crippen LogP contribution in [0.1, 0.15) is 40.5 Å². The van der Waals surface area contributed by atoms with E-state index in [2.05, 4.69) is 74.9 Å². The molecule has 0 amide bonds. The second kappa shape index (κ2) is 5.35. The molecule has 0 unspecified atom stereocenters. The lowest BCUT2D eigenvalue weighted by Gasteiger charge is -2.49. The molecule has 0 spiro atoms. The van der Waals surface area contributed by atoms with Crippen LogP contribution in [0.25, 0.3) is 5.69 Å². The molecule has 1 aromatic heterocycles. The van der Waals surface area contributed by atoms with Gasteiger partial charge in [-0.25, -0.2) is 0 Å². The van der Waals surface area contributed by atoms with Gasteiger partial charge in [0.05, 0.1) is 0 Å². The number of para-hydroxylation sites is 1. The lowest BCUT2D eigenvalue weighted by atomic mass is 9.97. The Hall–Kier alpha value is -1.40. The molecule has 0 aliphatic carbocycles. The molecule has 1 aliphatic heterocycles. The topological polar surface area (TPSA) is 22.0 Å². The first-order valence-corrected chi connectivity index (χ1v) is 9.20. The number of rotatable bonds is 2. The molecule has 3 rings (SSSR count). The zero-order chi connectivity index (χ0) is 16.0. The molecule has 1 fully saturated rings. The van der Waals surface area contributed by atoms with Gasteiger partial charge in [0.15, 0.2) is 0 Å². The average molecular weight is 313 g/mol. The van der Waals surface area contributed by atoms with Gasteiger partial charge in [0.2, 0.25) is 0 Å². The van der Waals surface area contributed by atoms with Crippen molar-refractivity contribution in [2.24, 2.45) is 0 Å². The minimum Gasteiger partial charge on any atom is -0.317 e. The Morgan fingerprint density at radius 3 is 2.09 bits per heavy atom. The van der Waals surface area contributed by atoms with Crippen molar-refractivity contribution in [3.8, 4) is 5.69 Å². The summed E-state index contributed by atoms with van der Waals surface area (Å²) in [7, 11) is -0.445. The molecule has 1 aliphatic rings. The van der Waals surface area contributed by atoms with Crippen LogP contribution in [-0.2, 0) is 4.79 Å². The number of carbonyl (C=O) groups is 1. The number of ketones is 1. The van der Waals surface area contributed by atoms with Crippen molar-refractivity contribution in [1.82, 2.24) is 4.57 Å². The van der Waals surface area contributed by atoms with Crippen LogP contribution in [0.5, 0.6) is 0 Å². The molecule has 0 N–H and O–H groups in total. The Bertz CT molecular complexity index is 664. The summed E-state index contributed by atoms with van der Waals surface area (Å²) in [6, 6.07) is 14.9. The van der Waals surface area contributed by atoms with Gasteiger partial charge in [0.25, 0.3) is 0 Å². The minimum atomic E-state index is -0.445. The number of carbonyl (C=O) groups excluding carboxylic acids is 1. The minimum absolute atomic E-state index is 0.0407. The zero-order valence-electron chi connectivity index (χ0n) is 13.8. The molecule has 116 valence electrons. The highest BCUT2D eigenvalue weighted by Crippen LogP contribution is 2.64. The maximum Gasteiger partial charge on any atom is 0.134 e. The van der Waals surface area contributed by atoms with E-state index >= 15 is 0 Å². The molecule has 0 radical (unpaired) electrons. The van der Waals surface area contributed by atoms with Crippen molar-refractivity contribution in [2.75, 3.05) is 0 Å². The summed E-state index contributed by atoms with van der Waals surface area (Å²) < 4.78 is 2.31. The van der Waals surface area contributed by atoms with Gasteiger partial charge >= 0.3 is 0 Å². The standard InChI is InChI=1S/C19H24NOP/c1-18(2)13-16(21)14-19(3,4)22(18)17-11-8-12-20(17)15-9-6-5-7-10-15/h5-12H,13-14H2,1-4H3. The smallest absolute Gasteiger partial charge is 0.134 e. The molecule has 0 bridgehead atoms. The van der Waals surface area contributed by atoms with E-state index in [1.54, 1.807) is 0 Å². The fourth-order valence-corrected chi connectivity index (χ4v) is 8.17. The Kier molecular flexibility index (Phi) is 3.77. The van der Waals surface area contributed by atoms with Gasteiger partial charge in [-0.15, -0.1) is 0 Å². The lowest BCUT2D eigenvalue weighted by molar-refractivity contribution is -0.120. The van der Waals surface area contributed by atoms with Gasteiger partial charge in [-0.3, -0.25) is 4.79 Å². The van der Waals surface area contributed by atoms with Crippen LogP contribution in [0.2, 0.25) is 0 Å². The molecule has 0 saturated carbocycles. The van der Waals surface area contributed by atoms with Gasteiger partial charge in [-0.05, 0) is 42.5 Å². The van der Waals surface area contributed by atoms with E-state index < -0.39 is 7.92 Å². The predicted octanol–water partition coefficient (Wildman–Crippen LogP) is 4.50. The van der Waals surface area contributed by atoms with E-state index in [9.17, 15) is 4.79 Å². The quantitative estimate of drug-likeness (QED) is 0.748. The van der Waals surface area contributed by atoms with Crippen molar-refractivity contribution in [1.29, 1.82) is 0 Å². The van der Waals surface area contributed by atoms with E-state index in [-0.39, 0.29) is 10.3 Å². The molecular weight excluding hydrogens is 289 g/mol. The molecule has 1 saturated heterocycles. The molecule has 1 aromatic carbocycles. The van der Waals surface area contributed by atoms with Crippen molar-refractivity contribution in [3.05, 3.63) is 48.7 Å². The van der Waals surface area contributed by atoms with Crippen LogP contribution >= 0.6 is 7.92 Å². The summed E-state index contributed by atoms with van der Waals surface area (Å²) in [5.74, 6) is 0.409. The molecular formula is C19H24NOP. The van der Waals surface area contributed by atoms with Crippen LogP contribution in [0.4, 0.5) is 0 Å². The molecule has 2 aromatic rings. The zero-order valence-corrected chi connectivity index (χ0v) is 14.7. The van der Waals surface area contributed by atoms with Crippen LogP contribution in [0, 0.1) is 0 Å². The maximum atomic E-state index is 12.2. The number of benzene rings is 1. The molecule has 2 heterocycles. The van der Waals surface area contributed by atoms with Gasteiger partial charge in [-0.1, -0.05) is 45.9 Å². The fraction of sp³-hybridized carbons (Fsp3) is 0.421. The highest BCUT2D eigenvalue weighted by molar-refractivity contribution is 7.68. The second-order valence-electron chi connectivity index (χ2n) is 7.42. The SMILES string of the molecule is CC1(C)CC(=O)CC(C)(C)P1c1cccn1-c1ccccc1. The summed E-state index contributed by atoms with van der Waals surface area (Å²) in [4.78, 5) is 12.2. The normalized spacial score (nSPS) is 21.0. The van der Waals surface area contributed by atoms with E-state index in [4.69, 9.17) is 0 Å². The summed E-state index contributed by atoms with van der Waals surface area (Å²) in [6.07, 6.45) is 3.54. The van der Waals surface area contributed by atoms with Gasteiger partial charge in [-0.2, -0.15) is 0 Å². The average Bonchev–Trinajstić information content (AvgIpc) is 2.85. The predicted molar refractivity (Wildman–Crippen MR) is 94.7 cm³/mol. The number of hydrogen-bond acceptors (Lipinski definition) is 1. The lowest BCUT2D eigenvalue weighted by Crippen LogP contribution is -2.44. The van der Waals surface area contributed by atoms with Crippen LogP contribution < -0.4 is 5.44 Å². The van der Waals surface area contributed by atoms with Crippen molar-refractivity contribution in [3.63, 3.8) is 0 Å².